The van der Waals surface area contributed by atoms with Crippen LogP contribution >= 0.6 is 0 Å². The van der Waals surface area contributed by atoms with E-state index in [1.54, 1.807) is 29.4 Å². The molecule has 0 saturated heterocycles. The number of nitrogens with zero attached hydrogens (tertiary/aromatic N) is 2. The van der Waals surface area contributed by atoms with E-state index in [0.29, 0.717) is 17.9 Å². The molecule has 2 aromatic carbocycles. The van der Waals surface area contributed by atoms with Crippen LogP contribution in [0, 0.1) is 0 Å². The molecule has 152 valence electrons. The molecule has 0 bridgehead atoms. The highest BCUT2D eigenvalue weighted by molar-refractivity contribution is 6.08. The van der Waals surface area contributed by atoms with E-state index in [0.717, 1.165) is 16.8 Å². The molecule has 1 aliphatic rings. The van der Waals surface area contributed by atoms with Gasteiger partial charge in [0.25, 0.3) is 5.91 Å². The van der Waals surface area contributed by atoms with Crippen molar-refractivity contribution in [2.24, 2.45) is 0 Å². The highest BCUT2D eigenvalue weighted by Gasteiger charge is 2.40. The quantitative estimate of drug-likeness (QED) is 0.666. The van der Waals surface area contributed by atoms with Crippen LogP contribution in [-0.4, -0.2) is 28.0 Å². The van der Waals surface area contributed by atoms with Crippen LogP contribution < -0.4 is 9.64 Å². The molecule has 2 atom stereocenters. The van der Waals surface area contributed by atoms with Gasteiger partial charge >= 0.3 is 5.97 Å². The number of fused-ring (bicyclic) bond motifs is 1. The molecule has 0 saturated carbocycles. The monoisotopic (exact) mass is 402 g/mol. The number of aromatic nitrogens is 1. The van der Waals surface area contributed by atoms with Crippen LogP contribution in [0.5, 0.6) is 5.75 Å². The van der Waals surface area contributed by atoms with Crippen molar-refractivity contribution in [2.75, 3.05) is 4.90 Å². The Morgan fingerprint density at radius 1 is 1.07 bits per heavy atom. The summed E-state index contributed by atoms with van der Waals surface area (Å²) in [6.45, 7) is 2.28. The fourth-order valence-corrected chi connectivity index (χ4v) is 3.93. The van der Waals surface area contributed by atoms with Gasteiger partial charge in [0.15, 0.2) is 0 Å². The summed E-state index contributed by atoms with van der Waals surface area (Å²) in [7, 11) is 0. The molecule has 1 amide bonds. The number of hydrogen-bond donors (Lipinski definition) is 1. The minimum atomic E-state index is -0.894. The lowest BCUT2D eigenvalue weighted by Gasteiger charge is -2.25. The number of carboxylic acids is 1. The van der Waals surface area contributed by atoms with E-state index in [4.69, 9.17) is 4.74 Å². The zero-order valence-electron chi connectivity index (χ0n) is 16.6. The van der Waals surface area contributed by atoms with Gasteiger partial charge in [0.1, 0.15) is 12.4 Å². The summed E-state index contributed by atoms with van der Waals surface area (Å²) in [6, 6.07) is 18.0. The fourth-order valence-electron chi connectivity index (χ4n) is 3.93. The SMILES string of the molecule is CC1C(CC(=O)O)c2cc(OCc3ccncc3)ccc2N1C(=O)c1ccccc1. The second kappa shape index (κ2) is 8.37. The Kier molecular flexibility index (Phi) is 5.48. The third-order valence-electron chi connectivity index (χ3n) is 5.44. The Labute approximate surface area is 174 Å². The van der Waals surface area contributed by atoms with Crippen molar-refractivity contribution in [3.05, 3.63) is 89.7 Å². The van der Waals surface area contributed by atoms with Crippen molar-refractivity contribution < 1.29 is 19.4 Å². The topological polar surface area (TPSA) is 79.7 Å². The Bertz CT molecular complexity index is 1050. The Balaban J connectivity index is 1.65. The minimum Gasteiger partial charge on any atom is -0.489 e. The van der Waals surface area contributed by atoms with Gasteiger partial charge in [-0.3, -0.25) is 14.6 Å². The van der Waals surface area contributed by atoms with Gasteiger partial charge in [0.05, 0.1) is 6.42 Å². The number of amides is 1. The van der Waals surface area contributed by atoms with E-state index in [1.165, 1.54) is 0 Å². The molecule has 6 heteroatoms. The van der Waals surface area contributed by atoms with Gasteiger partial charge in [-0.15, -0.1) is 0 Å². The summed E-state index contributed by atoms with van der Waals surface area (Å²) in [4.78, 5) is 30.4. The van der Waals surface area contributed by atoms with Crippen molar-refractivity contribution in [1.29, 1.82) is 0 Å². The van der Waals surface area contributed by atoms with Crippen molar-refractivity contribution in [1.82, 2.24) is 4.98 Å². The average molecular weight is 402 g/mol. The van der Waals surface area contributed by atoms with Gasteiger partial charge in [0.2, 0.25) is 0 Å². The highest BCUT2D eigenvalue weighted by Crippen LogP contribution is 2.45. The fraction of sp³-hybridized carbons (Fsp3) is 0.208. The predicted molar refractivity (Wildman–Crippen MR) is 113 cm³/mol. The van der Waals surface area contributed by atoms with E-state index in [1.807, 2.05) is 55.5 Å². The third-order valence-corrected chi connectivity index (χ3v) is 5.44. The van der Waals surface area contributed by atoms with Gasteiger partial charge in [-0.2, -0.15) is 0 Å². The first-order chi connectivity index (χ1) is 14.5. The second-order valence-electron chi connectivity index (χ2n) is 7.35. The van der Waals surface area contributed by atoms with Crippen molar-refractivity contribution in [3.8, 4) is 5.75 Å². The smallest absolute Gasteiger partial charge is 0.304 e. The van der Waals surface area contributed by atoms with E-state index >= 15 is 0 Å². The maximum Gasteiger partial charge on any atom is 0.304 e. The Hall–Kier alpha value is -3.67. The Morgan fingerprint density at radius 2 is 1.80 bits per heavy atom. The van der Waals surface area contributed by atoms with Gasteiger partial charge in [0, 0.05) is 35.6 Å². The zero-order chi connectivity index (χ0) is 21.1. The van der Waals surface area contributed by atoms with Crippen LogP contribution in [0.2, 0.25) is 0 Å². The first-order valence-corrected chi connectivity index (χ1v) is 9.80. The largest absolute Gasteiger partial charge is 0.489 e. The standard InChI is InChI=1S/C24H22N2O4/c1-16-20(14-23(27)28)21-13-19(30-15-17-9-11-25-12-10-17)7-8-22(21)26(16)24(29)18-5-3-2-4-6-18/h2-13,16,20H,14-15H2,1H3,(H,27,28). The predicted octanol–water partition coefficient (Wildman–Crippen LogP) is 4.27. The van der Waals surface area contributed by atoms with Crippen LogP contribution in [-0.2, 0) is 11.4 Å². The number of ether oxygens (including phenoxy) is 1. The molecule has 0 aliphatic carbocycles. The molecule has 6 nitrogen and oxygen atoms in total. The number of hydrogen-bond acceptors (Lipinski definition) is 4. The number of anilines is 1. The molecule has 4 rings (SSSR count). The van der Waals surface area contributed by atoms with Crippen molar-refractivity contribution in [3.63, 3.8) is 0 Å². The molecule has 30 heavy (non-hydrogen) atoms. The van der Waals surface area contributed by atoms with Crippen molar-refractivity contribution >= 4 is 17.6 Å². The van der Waals surface area contributed by atoms with Crippen molar-refractivity contribution in [2.45, 2.75) is 31.9 Å². The average Bonchev–Trinajstić information content (AvgIpc) is 3.03. The van der Waals surface area contributed by atoms with Crippen LogP contribution in [0.4, 0.5) is 5.69 Å². The van der Waals surface area contributed by atoms with E-state index in [-0.39, 0.29) is 24.3 Å². The number of carboxylic acid groups (broad SMARTS) is 1. The molecule has 1 aliphatic heterocycles. The highest BCUT2D eigenvalue weighted by atomic mass is 16.5. The molecule has 0 fully saturated rings. The summed E-state index contributed by atoms with van der Waals surface area (Å²) in [5, 5.41) is 9.44. The molecule has 2 heterocycles. The minimum absolute atomic E-state index is 0.0550. The van der Waals surface area contributed by atoms with Gasteiger partial charge in [-0.05, 0) is 60.5 Å². The van der Waals surface area contributed by atoms with E-state index < -0.39 is 5.97 Å². The first-order valence-electron chi connectivity index (χ1n) is 9.80. The number of carbonyl (C=O) groups excluding carboxylic acids is 1. The number of aliphatic carboxylic acids is 1. The molecule has 1 aromatic heterocycles. The number of benzene rings is 2. The summed E-state index contributed by atoms with van der Waals surface area (Å²) in [5.41, 5.74) is 3.12. The lowest BCUT2D eigenvalue weighted by atomic mass is 9.92. The normalized spacial score (nSPS) is 17.4. The Morgan fingerprint density at radius 3 is 2.50 bits per heavy atom. The molecular weight excluding hydrogens is 380 g/mol. The lowest BCUT2D eigenvalue weighted by molar-refractivity contribution is -0.137. The maximum absolute atomic E-state index is 13.2. The molecule has 0 spiro atoms. The second-order valence-corrected chi connectivity index (χ2v) is 7.35. The summed E-state index contributed by atoms with van der Waals surface area (Å²) >= 11 is 0. The first kappa shape index (κ1) is 19.6. The zero-order valence-corrected chi connectivity index (χ0v) is 16.6. The summed E-state index contributed by atoms with van der Waals surface area (Å²) in [5.74, 6) is -0.700. The van der Waals surface area contributed by atoms with Crippen LogP contribution in [0.1, 0.15) is 40.7 Å². The molecule has 2 unspecified atom stereocenters. The lowest BCUT2D eigenvalue weighted by Crippen LogP contribution is -2.37. The maximum atomic E-state index is 13.2. The van der Waals surface area contributed by atoms with Gasteiger partial charge < -0.3 is 14.7 Å². The number of pyridine rings is 1. The number of carbonyl (C=O) groups is 2. The van der Waals surface area contributed by atoms with E-state index in [2.05, 4.69) is 4.98 Å². The molecule has 3 aromatic rings. The molecule has 1 N–H and O–H groups in total. The van der Waals surface area contributed by atoms with Gasteiger partial charge in [-0.25, -0.2) is 0 Å². The van der Waals surface area contributed by atoms with E-state index in [9.17, 15) is 14.7 Å². The van der Waals surface area contributed by atoms with Crippen LogP contribution in [0.25, 0.3) is 0 Å². The molecule has 0 radical (unpaired) electrons. The summed E-state index contributed by atoms with van der Waals surface area (Å²) in [6.07, 6.45) is 3.36. The summed E-state index contributed by atoms with van der Waals surface area (Å²) < 4.78 is 5.91. The van der Waals surface area contributed by atoms with Crippen LogP contribution in [0.3, 0.4) is 0 Å². The third kappa shape index (κ3) is 3.89. The van der Waals surface area contributed by atoms with Gasteiger partial charge in [-0.1, -0.05) is 18.2 Å². The number of rotatable bonds is 6. The molecular formula is C24H22N2O4. The van der Waals surface area contributed by atoms with Crippen LogP contribution in [0.15, 0.2) is 73.1 Å².